The van der Waals surface area contributed by atoms with Crippen molar-refractivity contribution in [2.75, 3.05) is 11.9 Å². The van der Waals surface area contributed by atoms with Crippen molar-refractivity contribution >= 4 is 16.7 Å². The van der Waals surface area contributed by atoms with Crippen LogP contribution in [0.15, 0.2) is 30.3 Å². The lowest BCUT2D eigenvalue weighted by molar-refractivity contribution is 0.252. The molecular weight excluding hydrogens is 250 g/mol. The van der Waals surface area contributed by atoms with Gasteiger partial charge in [0.2, 0.25) is 0 Å². The molecule has 0 saturated carbocycles. The fourth-order valence-electron chi connectivity index (χ4n) is 2.22. The Kier molecular flexibility index (Phi) is 4.21. The van der Waals surface area contributed by atoms with Gasteiger partial charge < -0.3 is 10.4 Å². The Morgan fingerprint density at radius 3 is 2.80 bits per heavy atom. The minimum atomic E-state index is -0.225. The normalized spacial score (nSPS) is 13.7. The summed E-state index contributed by atoms with van der Waals surface area (Å²) in [6, 6.07) is 11.6. The quantitative estimate of drug-likeness (QED) is 0.875. The first-order valence-corrected chi connectivity index (χ1v) is 6.81. The monoisotopic (exact) mass is 269 g/mol. The first-order chi connectivity index (χ1) is 9.61. The number of rotatable bonds is 5. The lowest BCUT2D eigenvalue weighted by Gasteiger charge is -2.29. The molecule has 1 aromatic carbocycles. The van der Waals surface area contributed by atoms with Crippen LogP contribution in [-0.4, -0.2) is 22.2 Å². The highest BCUT2D eigenvalue weighted by atomic mass is 16.3. The van der Waals surface area contributed by atoms with Gasteiger partial charge in [-0.1, -0.05) is 25.1 Å². The molecule has 0 spiro atoms. The van der Waals surface area contributed by atoms with E-state index in [4.69, 9.17) is 0 Å². The van der Waals surface area contributed by atoms with Crippen molar-refractivity contribution in [3.8, 4) is 6.07 Å². The van der Waals surface area contributed by atoms with Crippen LogP contribution < -0.4 is 5.32 Å². The van der Waals surface area contributed by atoms with E-state index < -0.39 is 0 Å². The van der Waals surface area contributed by atoms with Crippen LogP contribution in [0.5, 0.6) is 0 Å². The van der Waals surface area contributed by atoms with E-state index in [9.17, 15) is 10.4 Å². The van der Waals surface area contributed by atoms with Crippen molar-refractivity contribution < 1.29 is 5.11 Å². The Labute approximate surface area is 119 Å². The summed E-state index contributed by atoms with van der Waals surface area (Å²) in [6.45, 7) is 4.23. The molecule has 0 fully saturated rings. The van der Waals surface area contributed by atoms with Crippen LogP contribution in [0.4, 0.5) is 5.82 Å². The molecule has 0 aliphatic rings. The molecule has 0 aliphatic heterocycles. The van der Waals surface area contributed by atoms with Crippen molar-refractivity contribution in [1.29, 1.82) is 5.26 Å². The maximum absolute atomic E-state index is 9.27. The molecule has 104 valence electrons. The van der Waals surface area contributed by atoms with E-state index in [1.165, 1.54) is 0 Å². The van der Waals surface area contributed by atoms with Gasteiger partial charge in [0.05, 0.1) is 17.1 Å². The first-order valence-electron chi connectivity index (χ1n) is 6.81. The average Bonchev–Trinajstić information content (AvgIpc) is 2.46. The molecular formula is C16H19N3O. The predicted octanol–water partition coefficient (Wildman–Crippen LogP) is 3.07. The van der Waals surface area contributed by atoms with Crippen LogP contribution in [0.3, 0.4) is 0 Å². The number of aromatic nitrogens is 1. The number of anilines is 1. The molecule has 0 aliphatic carbocycles. The second kappa shape index (κ2) is 5.89. The number of aliphatic hydroxyl groups is 1. The zero-order chi connectivity index (χ0) is 14.6. The van der Waals surface area contributed by atoms with Gasteiger partial charge in [-0.15, -0.1) is 0 Å². The van der Waals surface area contributed by atoms with Crippen LogP contribution in [0.2, 0.25) is 0 Å². The van der Waals surface area contributed by atoms with Crippen molar-refractivity contribution in [1.82, 2.24) is 4.98 Å². The summed E-state index contributed by atoms with van der Waals surface area (Å²) in [6.07, 6.45) is 1.50. The smallest absolute Gasteiger partial charge is 0.128 e. The lowest BCUT2D eigenvalue weighted by Crippen LogP contribution is -2.35. The molecule has 0 bridgehead atoms. The maximum Gasteiger partial charge on any atom is 0.128 e. The molecule has 0 saturated heterocycles. The van der Waals surface area contributed by atoms with Crippen LogP contribution >= 0.6 is 0 Å². The molecule has 20 heavy (non-hydrogen) atoms. The molecule has 2 N–H and O–H groups in total. The summed E-state index contributed by atoms with van der Waals surface area (Å²) < 4.78 is 0. The summed E-state index contributed by atoms with van der Waals surface area (Å²) in [5.74, 6) is 0.679. The molecule has 0 amide bonds. The van der Waals surface area contributed by atoms with Gasteiger partial charge >= 0.3 is 0 Å². The molecule has 0 radical (unpaired) electrons. The third-order valence-corrected chi connectivity index (χ3v) is 3.71. The molecule has 4 heteroatoms. The topological polar surface area (TPSA) is 68.9 Å². The van der Waals surface area contributed by atoms with E-state index in [2.05, 4.69) is 23.3 Å². The minimum Gasteiger partial charge on any atom is -0.396 e. The number of pyridine rings is 1. The van der Waals surface area contributed by atoms with Gasteiger partial charge in [0.25, 0.3) is 0 Å². The van der Waals surface area contributed by atoms with Gasteiger partial charge in [0, 0.05) is 17.5 Å². The van der Waals surface area contributed by atoms with Crippen molar-refractivity contribution in [3.05, 3.63) is 35.9 Å². The van der Waals surface area contributed by atoms with E-state index in [-0.39, 0.29) is 12.1 Å². The third-order valence-electron chi connectivity index (χ3n) is 3.71. The van der Waals surface area contributed by atoms with Crippen LogP contribution in [0.25, 0.3) is 10.9 Å². The number of benzene rings is 1. The Hall–Kier alpha value is -2.12. The number of nitriles is 1. The predicted molar refractivity (Wildman–Crippen MR) is 80.5 cm³/mol. The summed E-state index contributed by atoms with van der Waals surface area (Å²) in [4.78, 5) is 4.56. The molecule has 4 nitrogen and oxygen atoms in total. The number of aliphatic hydroxyl groups excluding tert-OH is 1. The third kappa shape index (κ3) is 2.89. The second-order valence-electron chi connectivity index (χ2n) is 5.20. The van der Waals surface area contributed by atoms with Gasteiger partial charge in [-0.25, -0.2) is 4.98 Å². The van der Waals surface area contributed by atoms with Gasteiger partial charge in [-0.2, -0.15) is 5.26 Å². The Morgan fingerprint density at radius 1 is 1.40 bits per heavy atom. The summed E-state index contributed by atoms with van der Waals surface area (Å²) in [7, 11) is 0. The van der Waals surface area contributed by atoms with E-state index in [0.717, 1.165) is 17.3 Å². The Morgan fingerprint density at radius 2 is 2.15 bits per heavy atom. The zero-order valence-corrected chi connectivity index (χ0v) is 11.8. The van der Waals surface area contributed by atoms with Gasteiger partial charge in [0.1, 0.15) is 5.82 Å². The van der Waals surface area contributed by atoms with Crippen LogP contribution in [0, 0.1) is 11.3 Å². The molecule has 2 aromatic rings. The standard InChI is InChI=1S/C16H19N3O/c1-3-16(2,8-9-20)19-15-10-12(11-17)13-6-4-5-7-14(13)18-15/h4-7,10,20H,3,8-9H2,1-2H3,(H,18,19). The molecule has 1 unspecified atom stereocenters. The van der Waals surface area contributed by atoms with Gasteiger partial charge in [0.15, 0.2) is 0 Å². The number of nitrogens with zero attached hydrogens (tertiary/aromatic N) is 2. The van der Waals surface area contributed by atoms with Crippen LogP contribution in [-0.2, 0) is 0 Å². The van der Waals surface area contributed by atoms with E-state index in [0.29, 0.717) is 17.8 Å². The summed E-state index contributed by atoms with van der Waals surface area (Å²) in [5.41, 5.74) is 1.19. The Balaban J connectivity index is 2.43. The Bertz CT molecular complexity index is 648. The molecule has 1 heterocycles. The highest BCUT2D eigenvalue weighted by Crippen LogP contribution is 2.24. The minimum absolute atomic E-state index is 0.121. The van der Waals surface area contributed by atoms with Crippen molar-refractivity contribution in [3.63, 3.8) is 0 Å². The van der Waals surface area contributed by atoms with E-state index >= 15 is 0 Å². The average molecular weight is 269 g/mol. The van der Waals surface area contributed by atoms with Gasteiger partial charge in [-0.05, 0) is 31.9 Å². The van der Waals surface area contributed by atoms with E-state index in [1.54, 1.807) is 6.07 Å². The fourth-order valence-corrected chi connectivity index (χ4v) is 2.22. The number of nitrogens with one attached hydrogen (secondary N) is 1. The number of hydrogen-bond acceptors (Lipinski definition) is 4. The van der Waals surface area contributed by atoms with Crippen LogP contribution in [0.1, 0.15) is 32.3 Å². The van der Waals surface area contributed by atoms with Crippen molar-refractivity contribution in [2.24, 2.45) is 0 Å². The van der Waals surface area contributed by atoms with E-state index in [1.807, 2.05) is 31.2 Å². The van der Waals surface area contributed by atoms with Gasteiger partial charge in [-0.3, -0.25) is 0 Å². The highest BCUT2D eigenvalue weighted by molar-refractivity contribution is 5.86. The fraction of sp³-hybridized carbons (Fsp3) is 0.375. The lowest BCUT2D eigenvalue weighted by atomic mass is 9.95. The second-order valence-corrected chi connectivity index (χ2v) is 5.20. The number of fused-ring (bicyclic) bond motifs is 1. The maximum atomic E-state index is 9.27. The summed E-state index contributed by atoms with van der Waals surface area (Å²) >= 11 is 0. The SMILES string of the molecule is CCC(C)(CCO)Nc1cc(C#N)c2ccccc2n1. The molecule has 2 rings (SSSR count). The number of hydrogen-bond donors (Lipinski definition) is 2. The first kappa shape index (κ1) is 14.3. The summed E-state index contributed by atoms with van der Waals surface area (Å²) in [5, 5.41) is 22.7. The highest BCUT2D eigenvalue weighted by Gasteiger charge is 2.22. The number of para-hydroxylation sites is 1. The zero-order valence-electron chi connectivity index (χ0n) is 11.8. The molecule has 1 atom stereocenters. The largest absolute Gasteiger partial charge is 0.396 e. The van der Waals surface area contributed by atoms with Crippen molar-refractivity contribution in [2.45, 2.75) is 32.2 Å². The molecule has 1 aromatic heterocycles.